The van der Waals surface area contributed by atoms with E-state index in [1.54, 1.807) is 13.8 Å². The Hall–Kier alpha value is -2.13. The van der Waals surface area contributed by atoms with Crippen LogP contribution in [0.25, 0.3) is 0 Å². The maximum Gasteiger partial charge on any atom is 0.322 e. The molecule has 8 nitrogen and oxygen atoms in total. The fraction of sp³-hybridized carbons (Fsp3) is 0.500. The van der Waals surface area contributed by atoms with Gasteiger partial charge in [0, 0.05) is 6.04 Å². The second-order valence-corrected chi connectivity index (χ2v) is 8.00. The maximum atomic E-state index is 12.3. The molecule has 1 aromatic carbocycles. The predicted molar refractivity (Wildman–Crippen MR) is 89.7 cm³/mol. The molecule has 0 aliphatic heterocycles. The van der Waals surface area contributed by atoms with Crippen LogP contribution in [0.5, 0.6) is 5.75 Å². The first-order valence-corrected chi connectivity index (χ1v) is 9.44. The summed E-state index contributed by atoms with van der Waals surface area (Å²) in [5, 5.41) is 11.9. The van der Waals surface area contributed by atoms with Crippen molar-refractivity contribution in [1.29, 1.82) is 0 Å². The first kappa shape index (κ1) is 19.2. The van der Waals surface area contributed by atoms with Gasteiger partial charge in [-0.2, -0.15) is 4.72 Å². The van der Waals surface area contributed by atoms with Gasteiger partial charge in [0.15, 0.2) is 6.61 Å². The minimum Gasteiger partial charge on any atom is -0.484 e. The topological polar surface area (TPSA) is 122 Å². The Morgan fingerprint density at radius 2 is 1.84 bits per heavy atom. The van der Waals surface area contributed by atoms with Crippen LogP contribution in [0.2, 0.25) is 0 Å². The third-order valence-corrected chi connectivity index (χ3v) is 5.12. The van der Waals surface area contributed by atoms with Gasteiger partial charge in [-0.15, -0.1) is 0 Å². The summed E-state index contributed by atoms with van der Waals surface area (Å²) in [6.07, 6.45) is 1.97. The van der Waals surface area contributed by atoms with Gasteiger partial charge in [-0.3, -0.25) is 9.59 Å². The number of carbonyl (C=O) groups is 2. The lowest BCUT2D eigenvalue weighted by Gasteiger charge is -2.18. The van der Waals surface area contributed by atoms with E-state index in [4.69, 9.17) is 9.84 Å². The lowest BCUT2D eigenvalue weighted by Crippen LogP contribution is -2.44. The van der Waals surface area contributed by atoms with E-state index in [1.807, 2.05) is 0 Å². The Bertz CT molecular complexity index is 725. The first-order chi connectivity index (χ1) is 11.7. The molecule has 0 saturated heterocycles. The summed E-state index contributed by atoms with van der Waals surface area (Å²) >= 11 is 0. The zero-order valence-electron chi connectivity index (χ0n) is 14.1. The second-order valence-electron chi connectivity index (χ2n) is 6.28. The average Bonchev–Trinajstić information content (AvgIpc) is 3.34. The molecule has 0 bridgehead atoms. The van der Waals surface area contributed by atoms with E-state index >= 15 is 0 Å². The number of benzene rings is 1. The van der Waals surface area contributed by atoms with Crippen molar-refractivity contribution in [2.24, 2.45) is 5.92 Å². The number of hydrogen-bond donors (Lipinski definition) is 3. The molecule has 1 unspecified atom stereocenters. The van der Waals surface area contributed by atoms with Gasteiger partial charge in [0.1, 0.15) is 11.8 Å². The van der Waals surface area contributed by atoms with Crippen molar-refractivity contribution >= 4 is 21.9 Å². The number of carboxylic acids is 1. The van der Waals surface area contributed by atoms with Crippen molar-refractivity contribution in [1.82, 2.24) is 10.0 Å². The van der Waals surface area contributed by atoms with Crippen LogP contribution >= 0.6 is 0 Å². The molecule has 1 aliphatic rings. The van der Waals surface area contributed by atoms with Crippen molar-refractivity contribution in [3.05, 3.63) is 24.3 Å². The van der Waals surface area contributed by atoms with Crippen molar-refractivity contribution in [2.45, 2.75) is 43.7 Å². The van der Waals surface area contributed by atoms with Crippen LogP contribution in [0.4, 0.5) is 0 Å². The number of aliphatic carboxylic acids is 1. The van der Waals surface area contributed by atoms with Crippen LogP contribution in [-0.4, -0.2) is 44.1 Å². The highest BCUT2D eigenvalue weighted by Gasteiger charge is 2.28. The van der Waals surface area contributed by atoms with Crippen LogP contribution in [0, 0.1) is 5.92 Å². The average molecular weight is 370 g/mol. The largest absolute Gasteiger partial charge is 0.484 e. The third-order valence-electron chi connectivity index (χ3n) is 3.66. The fourth-order valence-corrected chi connectivity index (χ4v) is 3.41. The molecule has 0 heterocycles. The zero-order valence-corrected chi connectivity index (χ0v) is 14.9. The number of rotatable bonds is 9. The van der Waals surface area contributed by atoms with Crippen molar-refractivity contribution in [3.8, 4) is 5.75 Å². The van der Waals surface area contributed by atoms with Crippen LogP contribution in [0.15, 0.2) is 29.2 Å². The van der Waals surface area contributed by atoms with Crippen LogP contribution in [0.1, 0.15) is 26.7 Å². The highest BCUT2D eigenvalue weighted by Crippen LogP contribution is 2.19. The minimum absolute atomic E-state index is 0.0748. The molecule has 0 radical (unpaired) electrons. The molecule has 1 aromatic rings. The molecule has 138 valence electrons. The summed E-state index contributed by atoms with van der Waals surface area (Å²) < 4.78 is 32.0. The van der Waals surface area contributed by atoms with Gasteiger partial charge < -0.3 is 15.2 Å². The lowest BCUT2D eigenvalue weighted by atomic mass is 10.1. The molecule has 1 fully saturated rings. The summed E-state index contributed by atoms with van der Waals surface area (Å²) in [6, 6.07) is 4.48. The Morgan fingerprint density at radius 3 is 2.32 bits per heavy atom. The van der Waals surface area contributed by atoms with Gasteiger partial charge in [-0.25, -0.2) is 8.42 Å². The van der Waals surface area contributed by atoms with E-state index in [1.165, 1.54) is 24.3 Å². The minimum atomic E-state index is -3.97. The molecule has 1 saturated carbocycles. The molecular formula is C16H22N2O6S. The van der Waals surface area contributed by atoms with E-state index in [9.17, 15) is 18.0 Å². The Labute approximate surface area is 146 Å². The van der Waals surface area contributed by atoms with E-state index in [0.29, 0.717) is 5.75 Å². The highest BCUT2D eigenvalue weighted by molar-refractivity contribution is 7.89. The van der Waals surface area contributed by atoms with Crippen molar-refractivity contribution in [3.63, 3.8) is 0 Å². The lowest BCUT2D eigenvalue weighted by molar-refractivity contribution is -0.140. The normalized spacial score (nSPS) is 15.6. The van der Waals surface area contributed by atoms with Crippen LogP contribution in [0.3, 0.4) is 0 Å². The molecule has 1 atom stereocenters. The molecule has 9 heteroatoms. The molecule has 0 aromatic heterocycles. The number of amides is 1. The molecular weight excluding hydrogens is 348 g/mol. The van der Waals surface area contributed by atoms with E-state index in [2.05, 4.69) is 10.0 Å². The van der Waals surface area contributed by atoms with E-state index in [0.717, 1.165) is 12.8 Å². The van der Waals surface area contributed by atoms with Gasteiger partial charge in [0.2, 0.25) is 10.0 Å². The van der Waals surface area contributed by atoms with E-state index < -0.39 is 28.0 Å². The number of hydrogen-bond acceptors (Lipinski definition) is 5. The van der Waals surface area contributed by atoms with Crippen molar-refractivity contribution in [2.75, 3.05) is 6.61 Å². The summed E-state index contributed by atoms with van der Waals surface area (Å²) in [4.78, 5) is 22.6. The number of carbonyl (C=O) groups excluding carboxylic acids is 1. The standard InChI is InChI=1S/C16H22N2O6S/c1-10(2)15(16(20)21)18-25(22,23)13-7-5-12(6-8-13)24-9-14(19)17-11-3-4-11/h5-8,10-11,15,18H,3-4,9H2,1-2H3,(H,17,19)(H,20,21). The summed E-state index contributed by atoms with van der Waals surface area (Å²) in [5.74, 6) is -1.51. The molecule has 3 N–H and O–H groups in total. The molecule has 1 amide bonds. The van der Waals surface area contributed by atoms with E-state index in [-0.39, 0.29) is 23.5 Å². The monoisotopic (exact) mass is 370 g/mol. The number of nitrogens with one attached hydrogen (secondary N) is 2. The summed E-state index contributed by atoms with van der Waals surface area (Å²) in [6.45, 7) is 3.09. The van der Waals surface area contributed by atoms with Crippen molar-refractivity contribution < 1.29 is 27.9 Å². The second kappa shape index (κ2) is 7.83. The van der Waals surface area contributed by atoms with Gasteiger partial charge in [0.25, 0.3) is 5.91 Å². The first-order valence-electron chi connectivity index (χ1n) is 7.96. The maximum absolute atomic E-state index is 12.3. The number of carboxylic acid groups (broad SMARTS) is 1. The number of sulfonamides is 1. The molecule has 2 rings (SSSR count). The zero-order chi connectivity index (χ0) is 18.6. The fourth-order valence-electron chi connectivity index (χ4n) is 2.07. The van der Waals surface area contributed by atoms with Gasteiger partial charge in [-0.05, 0) is 43.0 Å². The van der Waals surface area contributed by atoms with Gasteiger partial charge in [0.05, 0.1) is 4.90 Å². The Balaban J connectivity index is 1.97. The van der Waals surface area contributed by atoms with Gasteiger partial charge in [-0.1, -0.05) is 13.8 Å². The highest BCUT2D eigenvalue weighted by atomic mass is 32.2. The number of ether oxygens (including phenoxy) is 1. The van der Waals surface area contributed by atoms with Crippen LogP contribution in [-0.2, 0) is 19.6 Å². The summed E-state index contributed by atoms with van der Waals surface area (Å²) in [7, 11) is -3.97. The van der Waals surface area contributed by atoms with Crippen LogP contribution < -0.4 is 14.8 Å². The molecule has 25 heavy (non-hydrogen) atoms. The molecule has 1 aliphatic carbocycles. The third kappa shape index (κ3) is 5.71. The quantitative estimate of drug-likeness (QED) is 0.589. The summed E-state index contributed by atoms with van der Waals surface area (Å²) in [5.41, 5.74) is 0. The van der Waals surface area contributed by atoms with Gasteiger partial charge >= 0.3 is 5.97 Å². The SMILES string of the molecule is CC(C)C(NS(=O)(=O)c1ccc(OCC(=O)NC2CC2)cc1)C(=O)O. The predicted octanol–water partition coefficient (Wildman–Crippen LogP) is 0.732. The molecule has 0 spiro atoms. The Kier molecular flexibility index (Phi) is 6.02. The smallest absolute Gasteiger partial charge is 0.322 e. The Morgan fingerprint density at radius 1 is 1.24 bits per heavy atom.